The molecule has 1 atom stereocenters. The van der Waals surface area contributed by atoms with E-state index in [4.69, 9.17) is 16.1 Å². The van der Waals surface area contributed by atoms with Crippen LogP contribution in [0.2, 0.25) is 5.02 Å². The number of hydrogen-bond donors (Lipinski definition) is 0. The molecule has 2 aromatic heterocycles. The van der Waals surface area contributed by atoms with Gasteiger partial charge in [0.1, 0.15) is 0 Å². The van der Waals surface area contributed by atoms with Crippen LogP contribution in [0.15, 0.2) is 35.0 Å². The summed E-state index contributed by atoms with van der Waals surface area (Å²) in [5.41, 5.74) is 1.15. The number of piperidine rings is 1. The van der Waals surface area contributed by atoms with Crippen LogP contribution in [0.1, 0.15) is 35.1 Å². The molecule has 0 N–H and O–H groups in total. The second kappa shape index (κ2) is 6.87. The third kappa shape index (κ3) is 3.32. The first-order valence-electron chi connectivity index (χ1n) is 8.37. The molecule has 9 heteroatoms. The van der Waals surface area contributed by atoms with E-state index in [1.54, 1.807) is 42.1 Å². The summed E-state index contributed by atoms with van der Waals surface area (Å²) < 4.78 is 6.76. The number of benzene rings is 1. The number of likely N-dealkylation sites (tertiary alicyclic amines) is 1. The molecule has 0 bridgehead atoms. The Bertz CT molecular complexity index is 937. The third-order valence-electron chi connectivity index (χ3n) is 4.40. The summed E-state index contributed by atoms with van der Waals surface area (Å²) in [5.74, 6) is 0.869. The van der Waals surface area contributed by atoms with Gasteiger partial charge in [0.2, 0.25) is 11.7 Å². The molecule has 0 unspecified atom stereocenters. The van der Waals surface area contributed by atoms with Crippen LogP contribution in [0.5, 0.6) is 0 Å². The second-order valence-corrected chi connectivity index (χ2v) is 6.71. The zero-order valence-electron chi connectivity index (χ0n) is 14.2. The van der Waals surface area contributed by atoms with E-state index in [1.165, 1.54) is 0 Å². The van der Waals surface area contributed by atoms with Crippen LogP contribution < -0.4 is 0 Å². The predicted octanol–water partition coefficient (Wildman–Crippen LogP) is 2.77. The van der Waals surface area contributed by atoms with Gasteiger partial charge in [0.25, 0.3) is 5.91 Å². The molecule has 0 saturated carbocycles. The third-order valence-corrected chi connectivity index (χ3v) is 4.63. The number of aromatic nitrogens is 5. The molecule has 0 radical (unpaired) electrons. The average Bonchev–Trinajstić information content (AvgIpc) is 3.30. The van der Waals surface area contributed by atoms with Gasteiger partial charge < -0.3 is 9.42 Å². The first-order chi connectivity index (χ1) is 12.6. The lowest BCUT2D eigenvalue weighted by Crippen LogP contribution is -2.40. The Balaban J connectivity index is 1.50. The van der Waals surface area contributed by atoms with E-state index < -0.39 is 0 Å². The van der Waals surface area contributed by atoms with Gasteiger partial charge >= 0.3 is 0 Å². The lowest BCUT2D eigenvalue weighted by Gasteiger charge is -2.32. The molecule has 0 aliphatic carbocycles. The molecule has 1 amide bonds. The molecule has 1 fully saturated rings. The number of rotatable bonds is 3. The van der Waals surface area contributed by atoms with Gasteiger partial charge in [-0.05, 0) is 31.0 Å². The van der Waals surface area contributed by atoms with Crippen molar-refractivity contribution in [3.63, 3.8) is 0 Å². The Hall–Kier alpha value is -2.74. The summed E-state index contributed by atoms with van der Waals surface area (Å²) in [6.07, 6.45) is 3.61. The molecule has 0 spiro atoms. The molecule has 3 aromatic rings. The Morgan fingerprint density at radius 1 is 1.38 bits per heavy atom. The van der Waals surface area contributed by atoms with Gasteiger partial charge in [0.05, 0.1) is 12.2 Å². The molecule has 1 saturated heterocycles. The topological polar surface area (TPSA) is 89.9 Å². The van der Waals surface area contributed by atoms with E-state index in [9.17, 15) is 4.79 Å². The normalized spacial score (nSPS) is 17.5. The van der Waals surface area contributed by atoms with Crippen LogP contribution in [0.25, 0.3) is 11.5 Å². The zero-order valence-corrected chi connectivity index (χ0v) is 14.9. The van der Waals surface area contributed by atoms with E-state index in [0.717, 1.165) is 12.8 Å². The highest BCUT2D eigenvalue weighted by Crippen LogP contribution is 2.24. The van der Waals surface area contributed by atoms with Gasteiger partial charge in [-0.15, -0.1) is 5.10 Å². The summed E-state index contributed by atoms with van der Waals surface area (Å²) >= 11 is 6.00. The fourth-order valence-corrected chi connectivity index (χ4v) is 3.31. The minimum atomic E-state index is -0.0219. The summed E-state index contributed by atoms with van der Waals surface area (Å²) in [7, 11) is 0. The second-order valence-electron chi connectivity index (χ2n) is 6.28. The van der Waals surface area contributed by atoms with Crippen molar-refractivity contribution in [2.75, 3.05) is 13.1 Å². The number of aryl methyl sites for hydroxylation is 1. The minimum absolute atomic E-state index is 0.0219. The van der Waals surface area contributed by atoms with Crippen LogP contribution in [-0.4, -0.2) is 49.0 Å². The highest BCUT2D eigenvalue weighted by molar-refractivity contribution is 6.30. The van der Waals surface area contributed by atoms with Gasteiger partial charge in [-0.3, -0.25) is 4.79 Å². The van der Waals surface area contributed by atoms with E-state index in [1.807, 2.05) is 4.90 Å². The van der Waals surface area contributed by atoms with Gasteiger partial charge in [-0.25, -0.2) is 4.68 Å². The lowest BCUT2D eigenvalue weighted by atomic mass is 10.0. The quantitative estimate of drug-likeness (QED) is 0.702. The summed E-state index contributed by atoms with van der Waals surface area (Å²) in [6, 6.07) is 7.08. The number of hydrogen-bond acceptors (Lipinski definition) is 6. The highest BCUT2D eigenvalue weighted by atomic mass is 35.5. The summed E-state index contributed by atoms with van der Waals surface area (Å²) in [6.45, 7) is 3.01. The van der Waals surface area contributed by atoms with E-state index in [0.29, 0.717) is 41.1 Å². The fourth-order valence-electron chi connectivity index (χ4n) is 3.12. The van der Waals surface area contributed by atoms with Crippen molar-refractivity contribution >= 4 is 17.5 Å². The van der Waals surface area contributed by atoms with Crippen molar-refractivity contribution in [3.05, 3.63) is 46.9 Å². The Morgan fingerprint density at radius 2 is 2.27 bits per heavy atom. The zero-order chi connectivity index (χ0) is 18.1. The number of nitrogens with zero attached hydrogens (tertiary/aromatic N) is 6. The number of carbonyl (C=O) groups excluding carboxylic acids is 1. The molecule has 3 heterocycles. The molecule has 8 nitrogen and oxygen atoms in total. The Morgan fingerprint density at radius 3 is 3.04 bits per heavy atom. The smallest absolute Gasteiger partial charge is 0.253 e. The van der Waals surface area contributed by atoms with E-state index in [2.05, 4.69) is 20.5 Å². The lowest BCUT2D eigenvalue weighted by molar-refractivity contribution is 0.0672. The van der Waals surface area contributed by atoms with Crippen LogP contribution in [0.3, 0.4) is 0 Å². The van der Waals surface area contributed by atoms with Crippen LogP contribution in [0.4, 0.5) is 0 Å². The minimum Gasteiger partial charge on any atom is -0.339 e. The molecule has 134 valence electrons. The van der Waals surface area contributed by atoms with Crippen molar-refractivity contribution in [2.45, 2.75) is 25.8 Å². The summed E-state index contributed by atoms with van der Waals surface area (Å²) in [5, 5.41) is 12.7. The van der Waals surface area contributed by atoms with Crippen molar-refractivity contribution in [1.82, 2.24) is 30.0 Å². The van der Waals surface area contributed by atoms with Crippen molar-refractivity contribution < 1.29 is 9.32 Å². The maximum absolute atomic E-state index is 12.7. The van der Waals surface area contributed by atoms with Gasteiger partial charge in [-0.2, -0.15) is 4.98 Å². The average molecular weight is 373 g/mol. The molecule has 1 aromatic carbocycles. The van der Waals surface area contributed by atoms with Crippen LogP contribution in [-0.2, 0) is 0 Å². The maximum atomic E-state index is 12.7. The predicted molar refractivity (Wildman–Crippen MR) is 93.7 cm³/mol. The monoisotopic (exact) mass is 372 g/mol. The SMILES string of the molecule is Cc1nc(-c2cn([C@H]3CCCN(C(=O)c4cccc(Cl)c4)C3)nn2)no1. The van der Waals surface area contributed by atoms with Crippen LogP contribution >= 0.6 is 11.6 Å². The number of amides is 1. The van der Waals surface area contributed by atoms with Crippen molar-refractivity contribution in [2.24, 2.45) is 0 Å². The number of carbonyl (C=O) groups is 1. The van der Waals surface area contributed by atoms with Crippen LogP contribution in [0, 0.1) is 6.92 Å². The van der Waals surface area contributed by atoms with Crippen molar-refractivity contribution in [1.29, 1.82) is 0 Å². The standard InChI is InChI=1S/C17H17ClN6O2/c1-11-19-16(21-26-11)15-10-24(22-20-15)14-6-3-7-23(9-14)17(25)12-4-2-5-13(18)8-12/h2,4-5,8,10,14H,3,6-7,9H2,1H3/t14-/m0/s1. The van der Waals surface area contributed by atoms with E-state index >= 15 is 0 Å². The Kier molecular flexibility index (Phi) is 4.42. The summed E-state index contributed by atoms with van der Waals surface area (Å²) in [4.78, 5) is 18.7. The highest BCUT2D eigenvalue weighted by Gasteiger charge is 2.27. The molecular weight excluding hydrogens is 356 g/mol. The first-order valence-corrected chi connectivity index (χ1v) is 8.75. The largest absolute Gasteiger partial charge is 0.339 e. The maximum Gasteiger partial charge on any atom is 0.253 e. The van der Waals surface area contributed by atoms with E-state index in [-0.39, 0.29) is 11.9 Å². The molecular formula is C17H17ClN6O2. The fraction of sp³-hybridized carbons (Fsp3) is 0.353. The molecule has 4 rings (SSSR count). The molecule has 1 aliphatic rings. The number of halogens is 1. The van der Waals surface area contributed by atoms with Gasteiger partial charge in [0, 0.05) is 30.6 Å². The van der Waals surface area contributed by atoms with Gasteiger partial charge in [0.15, 0.2) is 5.69 Å². The Labute approximate surface area is 154 Å². The first kappa shape index (κ1) is 16.7. The van der Waals surface area contributed by atoms with Gasteiger partial charge in [-0.1, -0.05) is 28.0 Å². The molecule has 26 heavy (non-hydrogen) atoms. The van der Waals surface area contributed by atoms with Crippen molar-refractivity contribution in [3.8, 4) is 11.5 Å². The molecule has 1 aliphatic heterocycles.